The Morgan fingerprint density at radius 3 is 2.46 bits per heavy atom. The standard InChI is InChI=1S/C27H36FN5O2/c1-17(29-3)26(34)32-25(20-8-5-4-6-9-20)27(35)33-15-7-10-24(33)23-16-22(30-18(2)31-23)19-11-13-21(28)14-12-19/h11-14,16-17,20,24-25,29H,4-10,15H2,1-3H3,(H,32,34). The summed E-state index contributed by atoms with van der Waals surface area (Å²) in [5.74, 6) is 0.295. The van der Waals surface area contributed by atoms with Crippen molar-refractivity contribution < 1.29 is 14.0 Å². The van der Waals surface area contributed by atoms with E-state index in [1.54, 1.807) is 26.1 Å². The van der Waals surface area contributed by atoms with Gasteiger partial charge in [-0.25, -0.2) is 14.4 Å². The smallest absolute Gasteiger partial charge is 0.246 e. The maximum Gasteiger partial charge on any atom is 0.246 e. The molecule has 1 aliphatic carbocycles. The highest BCUT2D eigenvalue weighted by molar-refractivity contribution is 5.90. The van der Waals surface area contributed by atoms with Crippen LogP contribution >= 0.6 is 0 Å². The predicted molar refractivity (Wildman–Crippen MR) is 133 cm³/mol. The Morgan fingerprint density at radius 1 is 1.06 bits per heavy atom. The van der Waals surface area contributed by atoms with Gasteiger partial charge < -0.3 is 15.5 Å². The van der Waals surface area contributed by atoms with Gasteiger partial charge in [-0.2, -0.15) is 0 Å². The molecule has 188 valence electrons. The zero-order chi connectivity index (χ0) is 24.9. The number of benzene rings is 1. The summed E-state index contributed by atoms with van der Waals surface area (Å²) < 4.78 is 13.4. The number of aryl methyl sites for hydroxylation is 1. The second-order valence-electron chi connectivity index (χ2n) is 9.82. The molecule has 2 amide bonds. The lowest BCUT2D eigenvalue weighted by Crippen LogP contribution is -2.55. The second-order valence-corrected chi connectivity index (χ2v) is 9.82. The van der Waals surface area contributed by atoms with Crippen molar-refractivity contribution in [2.45, 2.75) is 76.9 Å². The molecule has 1 aromatic carbocycles. The minimum atomic E-state index is -0.529. The van der Waals surface area contributed by atoms with Crippen LogP contribution in [0.5, 0.6) is 0 Å². The molecule has 3 atom stereocenters. The van der Waals surface area contributed by atoms with E-state index in [1.165, 1.54) is 18.6 Å². The highest BCUT2D eigenvalue weighted by Gasteiger charge is 2.39. The topological polar surface area (TPSA) is 87.2 Å². The third kappa shape index (κ3) is 5.86. The van der Waals surface area contributed by atoms with Gasteiger partial charge in [-0.3, -0.25) is 9.59 Å². The number of aromatic nitrogens is 2. The number of likely N-dealkylation sites (N-methyl/N-ethyl adjacent to an activating group) is 1. The molecule has 35 heavy (non-hydrogen) atoms. The highest BCUT2D eigenvalue weighted by Crippen LogP contribution is 2.35. The van der Waals surface area contributed by atoms with Crippen LogP contribution in [0.1, 0.15) is 69.4 Å². The number of carbonyl (C=O) groups excluding carboxylic acids is 2. The first-order chi connectivity index (χ1) is 16.9. The summed E-state index contributed by atoms with van der Waals surface area (Å²) in [4.78, 5) is 37.9. The summed E-state index contributed by atoms with van der Waals surface area (Å²) >= 11 is 0. The lowest BCUT2D eigenvalue weighted by atomic mass is 9.83. The molecule has 7 nitrogen and oxygen atoms in total. The van der Waals surface area contributed by atoms with Gasteiger partial charge in [0.2, 0.25) is 11.8 Å². The van der Waals surface area contributed by atoms with E-state index in [2.05, 4.69) is 20.6 Å². The molecule has 0 spiro atoms. The first-order valence-corrected chi connectivity index (χ1v) is 12.8. The molecule has 1 aliphatic heterocycles. The second kappa shape index (κ2) is 11.2. The largest absolute Gasteiger partial charge is 0.343 e. The summed E-state index contributed by atoms with van der Waals surface area (Å²) in [5.41, 5.74) is 2.31. The fourth-order valence-corrected chi connectivity index (χ4v) is 5.30. The van der Waals surface area contributed by atoms with Gasteiger partial charge in [0.25, 0.3) is 0 Å². The number of hydrogen-bond acceptors (Lipinski definition) is 5. The average Bonchev–Trinajstić information content (AvgIpc) is 3.37. The molecule has 4 rings (SSSR count). The maximum absolute atomic E-state index is 14.0. The molecule has 3 unspecified atom stereocenters. The summed E-state index contributed by atoms with van der Waals surface area (Å²) in [6.07, 6.45) is 6.93. The number of rotatable bonds is 7. The molecule has 2 heterocycles. The number of carbonyl (C=O) groups is 2. The molecule has 0 radical (unpaired) electrons. The minimum absolute atomic E-state index is 0.0179. The van der Waals surface area contributed by atoms with Gasteiger partial charge in [-0.15, -0.1) is 0 Å². The van der Waals surface area contributed by atoms with Crippen molar-refractivity contribution in [2.24, 2.45) is 5.92 Å². The van der Waals surface area contributed by atoms with E-state index in [1.807, 2.05) is 17.9 Å². The lowest BCUT2D eigenvalue weighted by Gasteiger charge is -2.35. The van der Waals surface area contributed by atoms with Crippen molar-refractivity contribution in [2.75, 3.05) is 13.6 Å². The van der Waals surface area contributed by atoms with Gasteiger partial charge in [0.05, 0.1) is 23.5 Å². The summed E-state index contributed by atoms with van der Waals surface area (Å²) in [6.45, 7) is 4.28. The zero-order valence-electron chi connectivity index (χ0n) is 20.9. The van der Waals surface area contributed by atoms with Crippen LogP contribution < -0.4 is 10.6 Å². The Labute approximate surface area is 206 Å². The molecule has 1 aromatic heterocycles. The minimum Gasteiger partial charge on any atom is -0.343 e. The number of nitrogens with zero attached hydrogens (tertiary/aromatic N) is 3. The van der Waals surface area contributed by atoms with E-state index < -0.39 is 6.04 Å². The van der Waals surface area contributed by atoms with Crippen LogP contribution in [0.4, 0.5) is 4.39 Å². The van der Waals surface area contributed by atoms with Crippen LogP contribution in [0.15, 0.2) is 30.3 Å². The van der Waals surface area contributed by atoms with Crippen LogP contribution in [-0.2, 0) is 9.59 Å². The van der Waals surface area contributed by atoms with Crippen LogP contribution in [0.2, 0.25) is 0 Å². The molecule has 1 saturated heterocycles. The van der Waals surface area contributed by atoms with E-state index in [-0.39, 0.29) is 35.6 Å². The summed E-state index contributed by atoms with van der Waals surface area (Å²) in [6, 6.07) is 7.08. The highest BCUT2D eigenvalue weighted by atomic mass is 19.1. The van der Waals surface area contributed by atoms with Gasteiger partial charge >= 0.3 is 0 Å². The Hall–Kier alpha value is -2.87. The average molecular weight is 482 g/mol. The van der Waals surface area contributed by atoms with E-state index in [4.69, 9.17) is 0 Å². The molecular weight excluding hydrogens is 445 g/mol. The normalized spacial score (nSPS) is 20.5. The molecule has 8 heteroatoms. The van der Waals surface area contributed by atoms with E-state index >= 15 is 0 Å². The van der Waals surface area contributed by atoms with Crippen molar-refractivity contribution in [3.63, 3.8) is 0 Å². The van der Waals surface area contributed by atoms with Gasteiger partial charge in [-0.1, -0.05) is 19.3 Å². The molecule has 2 aliphatic rings. The maximum atomic E-state index is 14.0. The Kier molecular flexibility index (Phi) is 8.11. The Bertz CT molecular complexity index is 1040. The number of hydrogen-bond donors (Lipinski definition) is 2. The predicted octanol–water partition coefficient (Wildman–Crippen LogP) is 3.93. The van der Waals surface area contributed by atoms with Crippen LogP contribution in [0.25, 0.3) is 11.3 Å². The van der Waals surface area contributed by atoms with Crippen molar-refractivity contribution in [3.8, 4) is 11.3 Å². The Balaban J connectivity index is 1.61. The summed E-state index contributed by atoms with van der Waals surface area (Å²) in [5, 5.41) is 6.05. The fraction of sp³-hybridized carbons (Fsp3) is 0.556. The molecule has 2 aromatic rings. The van der Waals surface area contributed by atoms with Crippen LogP contribution in [-0.4, -0.2) is 52.4 Å². The lowest BCUT2D eigenvalue weighted by molar-refractivity contribution is -0.139. The third-order valence-electron chi connectivity index (χ3n) is 7.39. The number of likely N-dealkylation sites (tertiary alicyclic amines) is 1. The molecule has 0 bridgehead atoms. The van der Waals surface area contributed by atoms with Crippen molar-refractivity contribution in [1.29, 1.82) is 0 Å². The molecule has 1 saturated carbocycles. The van der Waals surface area contributed by atoms with Gasteiger partial charge in [0.15, 0.2) is 0 Å². The molecule has 2 N–H and O–H groups in total. The van der Waals surface area contributed by atoms with Crippen molar-refractivity contribution in [3.05, 3.63) is 47.7 Å². The number of halogens is 1. The van der Waals surface area contributed by atoms with Crippen LogP contribution in [0.3, 0.4) is 0 Å². The first kappa shape index (κ1) is 25.2. The van der Waals surface area contributed by atoms with Crippen molar-refractivity contribution >= 4 is 11.8 Å². The van der Waals surface area contributed by atoms with E-state index in [9.17, 15) is 14.0 Å². The zero-order valence-corrected chi connectivity index (χ0v) is 20.9. The summed E-state index contributed by atoms with van der Waals surface area (Å²) in [7, 11) is 1.74. The SMILES string of the molecule is CNC(C)C(=O)NC(C(=O)N1CCCC1c1cc(-c2ccc(F)cc2)nc(C)n1)C1CCCCC1. The first-order valence-electron chi connectivity index (χ1n) is 12.8. The van der Waals surface area contributed by atoms with Crippen LogP contribution in [0, 0.1) is 18.7 Å². The molecule has 2 fully saturated rings. The fourth-order valence-electron chi connectivity index (χ4n) is 5.30. The number of nitrogens with one attached hydrogen (secondary N) is 2. The van der Waals surface area contributed by atoms with E-state index in [0.29, 0.717) is 18.1 Å². The molecular formula is C27H36FN5O2. The third-order valence-corrected chi connectivity index (χ3v) is 7.39. The van der Waals surface area contributed by atoms with Gasteiger partial charge in [0.1, 0.15) is 17.7 Å². The van der Waals surface area contributed by atoms with Gasteiger partial charge in [0, 0.05) is 12.1 Å². The number of amides is 2. The van der Waals surface area contributed by atoms with Gasteiger partial charge in [-0.05, 0) is 82.8 Å². The van der Waals surface area contributed by atoms with E-state index in [0.717, 1.165) is 49.8 Å². The monoisotopic (exact) mass is 481 g/mol. The quantitative estimate of drug-likeness (QED) is 0.626. The Morgan fingerprint density at radius 2 is 1.77 bits per heavy atom. The van der Waals surface area contributed by atoms with Crippen molar-refractivity contribution in [1.82, 2.24) is 25.5 Å².